The molecule has 2 N–H and O–H groups in total. The summed E-state index contributed by atoms with van der Waals surface area (Å²) < 4.78 is 45.6. The van der Waals surface area contributed by atoms with Gasteiger partial charge in [-0.2, -0.15) is 4.39 Å². The Hall–Kier alpha value is -2.61. The molecular weight excluding hydrogens is 289 g/mol. The molecule has 0 spiro atoms. The number of halogens is 3. The van der Waals surface area contributed by atoms with Gasteiger partial charge in [0.25, 0.3) is 0 Å². The van der Waals surface area contributed by atoms with Crippen molar-refractivity contribution in [3.05, 3.63) is 63.5 Å². The molecule has 0 saturated heterocycles. The summed E-state index contributed by atoms with van der Waals surface area (Å²) in [4.78, 5) is 9.38. The van der Waals surface area contributed by atoms with E-state index in [1.807, 2.05) is 0 Å². The van der Waals surface area contributed by atoms with E-state index in [9.17, 15) is 23.3 Å². The van der Waals surface area contributed by atoms with Crippen LogP contribution in [0.5, 0.6) is 11.5 Å². The van der Waals surface area contributed by atoms with Crippen LogP contribution in [-0.4, -0.2) is 4.92 Å². The van der Waals surface area contributed by atoms with Crippen molar-refractivity contribution in [2.24, 2.45) is 5.73 Å². The molecule has 0 fully saturated rings. The van der Waals surface area contributed by atoms with Crippen LogP contribution < -0.4 is 10.5 Å². The van der Waals surface area contributed by atoms with Gasteiger partial charge in [0.1, 0.15) is 0 Å². The predicted molar refractivity (Wildman–Crippen MR) is 67.4 cm³/mol. The zero-order chi connectivity index (χ0) is 15.6. The Morgan fingerprint density at radius 3 is 2.29 bits per heavy atom. The molecule has 0 amide bonds. The highest BCUT2D eigenvalue weighted by molar-refractivity contribution is 5.42. The molecule has 0 aliphatic rings. The highest BCUT2D eigenvalue weighted by atomic mass is 19.1. The van der Waals surface area contributed by atoms with Gasteiger partial charge in [-0.15, -0.1) is 0 Å². The zero-order valence-electron chi connectivity index (χ0n) is 10.5. The van der Waals surface area contributed by atoms with Gasteiger partial charge >= 0.3 is 5.69 Å². The van der Waals surface area contributed by atoms with Gasteiger partial charge in [0.2, 0.25) is 5.82 Å². The minimum Gasteiger partial charge on any atom is -0.451 e. The molecule has 0 saturated carbocycles. The SMILES string of the molecule is NCc1ccc(Oc2cc(F)c([N+](=O)[O-])cc2F)c(F)c1. The molecule has 0 atom stereocenters. The Labute approximate surface area is 116 Å². The van der Waals surface area contributed by atoms with E-state index in [2.05, 4.69) is 0 Å². The summed E-state index contributed by atoms with van der Waals surface area (Å²) in [5, 5.41) is 10.5. The summed E-state index contributed by atoms with van der Waals surface area (Å²) >= 11 is 0. The molecular formula is C13H9F3N2O3. The van der Waals surface area contributed by atoms with E-state index >= 15 is 0 Å². The predicted octanol–water partition coefficient (Wildman–Crippen LogP) is 3.26. The van der Waals surface area contributed by atoms with Gasteiger partial charge in [-0.1, -0.05) is 6.07 Å². The largest absolute Gasteiger partial charge is 0.451 e. The molecule has 0 aliphatic carbocycles. The first-order valence-electron chi connectivity index (χ1n) is 5.72. The van der Waals surface area contributed by atoms with Crippen molar-refractivity contribution in [2.45, 2.75) is 6.54 Å². The summed E-state index contributed by atoms with van der Waals surface area (Å²) in [6.07, 6.45) is 0. The van der Waals surface area contributed by atoms with Gasteiger partial charge in [-0.25, -0.2) is 8.78 Å². The lowest BCUT2D eigenvalue weighted by molar-refractivity contribution is -0.387. The Bertz CT molecular complexity index is 707. The van der Waals surface area contributed by atoms with E-state index < -0.39 is 33.8 Å². The molecule has 2 aromatic rings. The maximum absolute atomic E-state index is 13.7. The van der Waals surface area contributed by atoms with Crippen LogP contribution >= 0.6 is 0 Å². The number of hydrogen-bond donors (Lipinski definition) is 1. The first-order chi connectivity index (χ1) is 9.92. The molecule has 5 nitrogen and oxygen atoms in total. The Balaban J connectivity index is 2.36. The van der Waals surface area contributed by atoms with Crippen LogP contribution in [0.15, 0.2) is 30.3 Å². The molecule has 8 heteroatoms. The molecule has 2 rings (SSSR count). The van der Waals surface area contributed by atoms with Crippen molar-refractivity contribution < 1.29 is 22.8 Å². The average molecular weight is 298 g/mol. The second kappa shape index (κ2) is 5.80. The van der Waals surface area contributed by atoms with Crippen molar-refractivity contribution in [3.8, 4) is 11.5 Å². The third-order valence-electron chi connectivity index (χ3n) is 2.65. The van der Waals surface area contributed by atoms with Gasteiger partial charge in [0.15, 0.2) is 23.1 Å². The molecule has 0 aromatic heterocycles. The number of nitro benzene ring substituents is 1. The van der Waals surface area contributed by atoms with Gasteiger partial charge in [0.05, 0.1) is 11.0 Å². The van der Waals surface area contributed by atoms with Crippen molar-refractivity contribution in [1.82, 2.24) is 0 Å². The smallest absolute Gasteiger partial charge is 0.307 e. The first kappa shape index (κ1) is 14.8. The van der Waals surface area contributed by atoms with Crippen LogP contribution in [0, 0.1) is 27.6 Å². The van der Waals surface area contributed by atoms with E-state index in [1.165, 1.54) is 12.1 Å². The number of ether oxygens (including phenoxy) is 1. The van der Waals surface area contributed by atoms with E-state index in [1.54, 1.807) is 0 Å². The second-order valence-corrected chi connectivity index (χ2v) is 4.06. The maximum Gasteiger partial charge on any atom is 0.307 e. The molecule has 0 unspecified atom stereocenters. The van der Waals surface area contributed by atoms with Crippen molar-refractivity contribution in [2.75, 3.05) is 0 Å². The fourth-order valence-corrected chi connectivity index (χ4v) is 1.61. The fourth-order valence-electron chi connectivity index (χ4n) is 1.61. The molecule has 0 heterocycles. The number of nitrogens with zero attached hydrogens (tertiary/aromatic N) is 1. The van der Waals surface area contributed by atoms with E-state index in [-0.39, 0.29) is 12.3 Å². The Kier molecular flexibility index (Phi) is 4.08. The quantitative estimate of drug-likeness (QED) is 0.694. The number of nitro groups is 1. The summed E-state index contributed by atoms with van der Waals surface area (Å²) in [6.45, 7) is 0.109. The normalized spacial score (nSPS) is 10.5. The molecule has 21 heavy (non-hydrogen) atoms. The summed E-state index contributed by atoms with van der Waals surface area (Å²) in [6, 6.07) is 4.61. The summed E-state index contributed by atoms with van der Waals surface area (Å²) in [5.41, 5.74) is 4.80. The molecule has 2 aromatic carbocycles. The van der Waals surface area contributed by atoms with Gasteiger partial charge in [-0.05, 0) is 17.7 Å². The number of benzene rings is 2. The highest BCUT2D eigenvalue weighted by Crippen LogP contribution is 2.31. The number of rotatable bonds is 4. The van der Waals surface area contributed by atoms with Crippen molar-refractivity contribution >= 4 is 5.69 Å². The van der Waals surface area contributed by atoms with Crippen LogP contribution in [0.1, 0.15) is 5.56 Å². The monoisotopic (exact) mass is 298 g/mol. The second-order valence-electron chi connectivity index (χ2n) is 4.06. The van der Waals surface area contributed by atoms with Crippen LogP contribution in [0.3, 0.4) is 0 Å². The fraction of sp³-hybridized carbons (Fsp3) is 0.0769. The lowest BCUT2D eigenvalue weighted by Gasteiger charge is -2.09. The first-order valence-corrected chi connectivity index (χ1v) is 5.72. The van der Waals surface area contributed by atoms with Crippen LogP contribution in [-0.2, 0) is 6.54 Å². The number of nitrogens with two attached hydrogens (primary N) is 1. The van der Waals surface area contributed by atoms with E-state index in [0.717, 1.165) is 6.07 Å². The Morgan fingerprint density at radius 2 is 1.71 bits per heavy atom. The molecule has 0 aliphatic heterocycles. The highest BCUT2D eigenvalue weighted by Gasteiger charge is 2.20. The topological polar surface area (TPSA) is 78.4 Å². The van der Waals surface area contributed by atoms with Crippen LogP contribution in [0.4, 0.5) is 18.9 Å². The minimum absolute atomic E-state index is 0.109. The van der Waals surface area contributed by atoms with Gasteiger partial charge < -0.3 is 10.5 Å². The lowest BCUT2D eigenvalue weighted by Crippen LogP contribution is -1.99. The standard InChI is InChI=1S/C13H9F3N2O3/c14-8-5-13(10(16)4-11(8)18(19)20)21-12-2-1-7(6-17)3-9(12)15/h1-5H,6,17H2. The molecule has 110 valence electrons. The van der Waals surface area contributed by atoms with Crippen molar-refractivity contribution in [3.63, 3.8) is 0 Å². The lowest BCUT2D eigenvalue weighted by atomic mass is 10.2. The van der Waals surface area contributed by atoms with Crippen LogP contribution in [0.25, 0.3) is 0 Å². The van der Waals surface area contributed by atoms with Gasteiger partial charge in [-0.3, -0.25) is 10.1 Å². The number of hydrogen-bond acceptors (Lipinski definition) is 4. The van der Waals surface area contributed by atoms with E-state index in [4.69, 9.17) is 10.5 Å². The third-order valence-corrected chi connectivity index (χ3v) is 2.65. The summed E-state index contributed by atoms with van der Waals surface area (Å²) in [7, 11) is 0. The average Bonchev–Trinajstić information content (AvgIpc) is 2.44. The molecule has 0 bridgehead atoms. The van der Waals surface area contributed by atoms with Crippen molar-refractivity contribution in [1.29, 1.82) is 0 Å². The van der Waals surface area contributed by atoms with Crippen LogP contribution in [0.2, 0.25) is 0 Å². The maximum atomic E-state index is 13.7. The Morgan fingerprint density at radius 1 is 1.05 bits per heavy atom. The third kappa shape index (κ3) is 3.11. The molecule has 0 radical (unpaired) electrons. The summed E-state index contributed by atoms with van der Waals surface area (Å²) in [5.74, 6) is -4.27. The zero-order valence-corrected chi connectivity index (χ0v) is 10.5. The minimum atomic E-state index is -1.28. The van der Waals surface area contributed by atoms with E-state index in [0.29, 0.717) is 17.7 Å². The van der Waals surface area contributed by atoms with Gasteiger partial charge in [0, 0.05) is 12.6 Å².